The summed E-state index contributed by atoms with van der Waals surface area (Å²) >= 11 is 0. The SMILES string of the molecule is CCNc1nc(C)cc(N2CCN(C)CC2)n1. The maximum atomic E-state index is 4.56. The molecule has 1 saturated heterocycles. The Kier molecular flexibility index (Phi) is 3.78. The number of aromatic nitrogens is 2. The van der Waals surface area contributed by atoms with E-state index in [2.05, 4.69) is 45.1 Å². The van der Waals surface area contributed by atoms with Gasteiger partial charge in [0.1, 0.15) is 5.82 Å². The lowest BCUT2D eigenvalue weighted by molar-refractivity contribution is 0.312. The zero-order valence-electron chi connectivity index (χ0n) is 10.9. The molecule has 1 N–H and O–H groups in total. The Labute approximate surface area is 103 Å². The maximum Gasteiger partial charge on any atom is 0.224 e. The van der Waals surface area contributed by atoms with Crippen molar-refractivity contribution in [2.75, 3.05) is 50.0 Å². The fourth-order valence-corrected chi connectivity index (χ4v) is 1.99. The van der Waals surface area contributed by atoms with Gasteiger partial charge in [-0.25, -0.2) is 4.98 Å². The standard InChI is InChI=1S/C12H21N5/c1-4-13-12-14-10(2)9-11(15-12)17-7-5-16(3)6-8-17/h9H,4-8H2,1-3H3,(H,13,14,15). The Bertz CT molecular complexity index is 371. The van der Waals surface area contributed by atoms with E-state index < -0.39 is 0 Å². The fraction of sp³-hybridized carbons (Fsp3) is 0.667. The van der Waals surface area contributed by atoms with Crippen LogP contribution in [0.25, 0.3) is 0 Å². The highest BCUT2D eigenvalue weighted by Crippen LogP contribution is 2.16. The summed E-state index contributed by atoms with van der Waals surface area (Å²) in [5, 5.41) is 3.18. The van der Waals surface area contributed by atoms with E-state index in [9.17, 15) is 0 Å². The van der Waals surface area contributed by atoms with Crippen LogP contribution < -0.4 is 10.2 Å². The molecule has 0 spiro atoms. The van der Waals surface area contributed by atoms with Gasteiger partial charge < -0.3 is 15.1 Å². The normalized spacial score (nSPS) is 17.2. The fourth-order valence-electron chi connectivity index (χ4n) is 1.99. The topological polar surface area (TPSA) is 44.3 Å². The van der Waals surface area contributed by atoms with Crippen LogP contribution in [0.15, 0.2) is 6.07 Å². The molecule has 94 valence electrons. The van der Waals surface area contributed by atoms with Gasteiger partial charge in [0.25, 0.3) is 0 Å². The van der Waals surface area contributed by atoms with E-state index in [0.29, 0.717) is 0 Å². The Morgan fingerprint density at radius 1 is 1.24 bits per heavy atom. The van der Waals surface area contributed by atoms with Gasteiger partial charge in [-0.05, 0) is 20.9 Å². The van der Waals surface area contributed by atoms with E-state index in [4.69, 9.17) is 0 Å². The van der Waals surface area contributed by atoms with E-state index in [1.54, 1.807) is 0 Å². The molecule has 0 radical (unpaired) electrons. The van der Waals surface area contributed by atoms with Crippen molar-refractivity contribution < 1.29 is 0 Å². The first kappa shape index (κ1) is 12.1. The van der Waals surface area contributed by atoms with Gasteiger partial charge in [-0.15, -0.1) is 0 Å². The molecule has 0 saturated carbocycles. The highest BCUT2D eigenvalue weighted by atomic mass is 15.3. The van der Waals surface area contributed by atoms with E-state index in [0.717, 1.165) is 50.2 Å². The van der Waals surface area contributed by atoms with Crippen molar-refractivity contribution in [3.05, 3.63) is 11.8 Å². The highest BCUT2D eigenvalue weighted by Gasteiger charge is 2.16. The van der Waals surface area contributed by atoms with E-state index >= 15 is 0 Å². The van der Waals surface area contributed by atoms with E-state index in [1.807, 2.05) is 6.92 Å². The largest absolute Gasteiger partial charge is 0.354 e. The lowest BCUT2D eigenvalue weighted by Gasteiger charge is -2.33. The van der Waals surface area contributed by atoms with Gasteiger partial charge in [-0.1, -0.05) is 0 Å². The van der Waals surface area contributed by atoms with Crippen molar-refractivity contribution in [1.82, 2.24) is 14.9 Å². The zero-order valence-corrected chi connectivity index (χ0v) is 10.9. The summed E-state index contributed by atoms with van der Waals surface area (Å²) in [5.74, 6) is 1.78. The van der Waals surface area contributed by atoms with Crippen molar-refractivity contribution >= 4 is 11.8 Å². The van der Waals surface area contributed by atoms with Crippen molar-refractivity contribution in [3.63, 3.8) is 0 Å². The number of rotatable bonds is 3. The van der Waals surface area contributed by atoms with Crippen LogP contribution in [-0.4, -0.2) is 54.6 Å². The van der Waals surface area contributed by atoms with Crippen molar-refractivity contribution in [1.29, 1.82) is 0 Å². The molecule has 2 rings (SSSR count). The van der Waals surface area contributed by atoms with Crippen LogP contribution in [0.2, 0.25) is 0 Å². The molecule has 5 heteroatoms. The van der Waals surface area contributed by atoms with Crippen molar-refractivity contribution in [2.45, 2.75) is 13.8 Å². The third kappa shape index (κ3) is 3.06. The highest BCUT2D eigenvalue weighted by molar-refractivity contribution is 5.45. The molecule has 17 heavy (non-hydrogen) atoms. The minimum atomic E-state index is 0.737. The number of nitrogens with zero attached hydrogens (tertiary/aromatic N) is 4. The molecular weight excluding hydrogens is 214 g/mol. The molecule has 1 aliphatic heterocycles. The predicted octanol–water partition coefficient (Wildman–Crippen LogP) is 0.969. The molecule has 0 unspecified atom stereocenters. The first-order valence-corrected chi connectivity index (χ1v) is 6.22. The Hall–Kier alpha value is -1.36. The number of hydrogen-bond donors (Lipinski definition) is 1. The van der Waals surface area contributed by atoms with Gasteiger partial charge in [0, 0.05) is 44.5 Å². The summed E-state index contributed by atoms with van der Waals surface area (Å²) in [5.41, 5.74) is 1.02. The second-order valence-electron chi connectivity index (χ2n) is 4.51. The van der Waals surface area contributed by atoms with Crippen LogP contribution in [0.5, 0.6) is 0 Å². The van der Waals surface area contributed by atoms with E-state index in [-0.39, 0.29) is 0 Å². The number of aryl methyl sites for hydroxylation is 1. The van der Waals surface area contributed by atoms with Crippen molar-refractivity contribution in [3.8, 4) is 0 Å². The Balaban J connectivity index is 2.14. The van der Waals surface area contributed by atoms with Gasteiger partial charge in [-0.3, -0.25) is 0 Å². The maximum absolute atomic E-state index is 4.56. The quantitative estimate of drug-likeness (QED) is 0.845. The van der Waals surface area contributed by atoms with E-state index in [1.165, 1.54) is 0 Å². The van der Waals surface area contributed by atoms with Gasteiger partial charge in [0.15, 0.2) is 0 Å². The first-order valence-electron chi connectivity index (χ1n) is 6.22. The monoisotopic (exact) mass is 235 g/mol. The first-order chi connectivity index (χ1) is 8.19. The molecule has 0 atom stereocenters. The van der Waals surface area contributed by atoms with Crippen LogP contribution in [0.1, 0.15) is 12.6 Å². The Morgan fingerprint density at radius 3 is 2.59 bits per heavy atom. The molecular formula is C12H21N5. The van der Waals surface area contributed by atoms with Crippen LogP contribution in [-0.2, 0) is 0 Å². The lowest BCUT2D eigenvalue weighted by Crippen LogP contribution is -2.44. The molecule has 0 aliphatic carbocycles. The molecule has 2 heterocycles. The summed E-state index contributed by atoms with van der Waals surface area (Å²) in [4.78, 5) is 13.6. The molecule has 0 aromatic carbocycles. The van der Waals surface area contributed by atoms with Gasteiger partial charge in [0.2, 0.25) is 5.95 Å². The minimum absolute atomic E-state index is 0.737. The second-order valence-corrected chi connectivity index (χ2v) is 4.51. The smallest absolute Gasteiger partial charge is 0.224 e. The number of nitrogens with one attached hydrogen (secondary N) is 1. The van der Waals surface area contributed by atoms with Gasteiger partial charge in [-0.2, -0.15) is 4.98 Å². The molecule has 1 aromatic rings. The number of hydrogen-bond acceptors (Lipinski definition) is 5. The second kappa shape index (κ2) is 5.31. The van der Waals surface area contributed by atoms with Crippen LogP contribution in [0.3, 0.4) is 0 Å². The molecule has 1 aliphatic rings. The number of likely N-dealkylation sites (N-methyl/N-ethyl adjacent to an activating group) is 1. The molecule has 1 aromatic heterocycles. The minimum Gasteiger partial charge on any atom is -0.354 e. The summed E-state index contributed by atoms with van der Waals surface area (Å²) in [6.45, 7) is 9.20. The average molecular weight is 235 g/mol. The van der Waals surface area contributed by atoms with Gasteiger partial charge in [0.05, 0.1) is 0 Å². The average Bonchev–Trinajstić information content (AvgIpc) is 2.29. The Morgan fingerprint density at radius 2 is 1.94 bits per heavy atom. The number of piperazine rings is 1. The summed E-state index contributed by atoms with van der Waals surface area (Å²) < 4.78 is 0. The summed E-state index contributed by atoms with van der Waals surface area (Å²) in [6.07, 6.45) is 0. The predicted molar refractivity (Wildman–Crippen MR) is 70.6 cm³/mol. The third-order valence-electron chi connectivity index (χ3n) is 3.00. The lowest BCUT2D eigenvalue weighted by atomic mass is 10.3. The molecule has 0 bridgehead atoms. The number of anilines is 2. The zero-order chi connectivity index (χ0) is 12.3. The molecule has 1 fully saturated rings. The summed E-state index contributed by atoms with van der Waals surface area (Å²) in [6, 6.07) is 2.06. The van der Waals surface area contributed by atoms with Gasteiger partial charge >= 0.3 is 0 Å². The van der Waals surface area contributed by atoms with Crippen LogP contribution >= 0.6 is 0 Å². The summed E-state index contributed by atoms with van der Waals surface area (Å²) in [7, 11) is 2.16. The molecule has 5 nitrogen and oxygen atoms in total. The third-order valence-corrected chi connectivity index (χ3v) is 3.00. The van der Waals surface area contributed by atoms with Crippen LogP contribution in [0, 0.1) is 6.92 Å². The van der Waals surface area contributed by atoms with Crippen molar-refractivity contribution in [2.24, 2.45) is 0 Å². The molecule has 0 amide bonds. The van der Waals surface area contributed by atoms with Crippen LogP contribution in [0.4, 0.5) is 11.8 Å².